The molecule has 0 bridgehead atoms. The van der Waals surface area contributed by atoms with Crippen molar-refractivity contribution in [2.45, 2.75) is 12.2 Å². The maximum Gasteiger partial charge on any atom is 0.255 e. The summed E-state index contributed by atoms with van der Waals surface area (Å²) in [5, 5.41) is 10.2. The molecule has 1 N–H and O–H groups in total. The minimum atomic E-state index is -0.0990. The van der Waals surface area contributed by atoms with Crippen LogP contribution < -0.4 is 0 Å². The van der Waals surface area contributed by atoms with Crippen molar-refractivity contribution in [1.82, 2.24) is 4.90 Å². The van der Waals surface area contributed by atoms with Crippen LogP contribution in [-0.2, 0) is 0 Å². The van der Waals surface area contributed by atoms with Crippen LogP contribution >= 0.6 is 23.4 Å². The van der Waals surface area contributed by atoms with Crippen LogP contribution in [0, 0.1) is 0 Å². The smallest absolute Gasteiger partial charge is 0.255 e. The summed E-state index contributed by atoms with van der Waals surface area (Å²) >= 11 is 7.85. The molecule has 0 aliphatic carbocycles. The Bertz CT molecular complexity index is 439. The van der Waals surface area contributed by atoms with Gasteiger partial charge < -0.3 is 10.0 Å². The number of thioether (sulfide) groups is 1. The number of phenolic OH excluding ortho intramolecular Hbond substituents is 1. The lowest BCUT2D eigenvalue weighted by atomic mass is 10.1. The van der Waals surface area contributed by atoms with E-state index >= 15 is 0 Å². The summed E-state index contributed by atoms with van der Waals surface area (Å²) < 4.78 is 0. The predicted octanol–water partition coefficient (Wildman–Crippen LogP) is 2.62. The number of halogens is 1. The first-order valence-corrected chi connectivity index (χ1v) is 6.90. The molecule has 2 rings (SSSR count). The van der Waals surface area contributed by atoms with Crippen LogP contribution in [0.5, 0.6) is 5.75 Å². The average molecular weight is 272 g/mol. The Balaban J connectivity index is 2.21. The molecule has 3 nitrogen and oxygen atoms in total. The number of carbonyl (C=O) groups is 1. The summed E-state index contributed by atoms with van der Waals surface area (Å²) in [5.74, 6) is 0.916. The Morgan fingerprint density at radius 2 is 2.35 bits per heavy atom. The Morgan fingerprint density at radius 3 is 3.06 bits per heavy atom. The first-order chi connectivity index (χ1) is 8.08. The molecule has 0 saturated carbocycles. The van der Waals surface area contributed by atoms with Gasteiger partial charge in [-0.15, -0.1) is 0 Å². The van der Waals surface area contributed by atoms with E-state index in [4.69, 9.17) is 11.6 Å². The van der Waals surface area contributed by atoms with Crippen molar-refractivity contribution in [2.24, 2.45) is 0 Å². The summed E-state index contributed by atoms with van der Waals surface area (Å²) in [6.45, 7) is 3.57. The Hall–Kier alpha value is -0.870. The molecule has 5 heteroatoms. The number of hydrogen-bond acceptors (Lipinski definition) is 3. The Labute approximate surface area is 110 Å². The first kappa shape index (κ1) is 12.6. The van der Waals surface area contributed by atoms with Crippen molar-refractivity contribution >= 4 is 29.3 Å². The zero-order chi connectivity index (χ0) is 12.4. The van der Waals surface area contributed by atoms with Crippen molar-refractivity contribution in [2.75, 3.05) is 18.8 Å². The highest BCUT2D eigenvalue weighted by molar-refractivity contribution is 7.99. The third kappa shape index (κ3) is 2.87. The quantitative estimate of drug-likeness (QED) is 0.854. The van der Waals surface area contributed by atoms with E-state index in [1.165, 1.54) is 12.1 Å². The highest BCUT2D eigenvalue weighted by Gasteiger charge is 2.24. The standard InChI is InChI=1S/C12H14ClNO2S/c1-8-7-14(4-5-17-8)12(16)10-6-9(15)2-3-11(10)13/h2-3,6,8,15H,4-5,7H2,1H3. The summed E-state index contributed by atoms with van der Waals surface area (Å²) in [7, 11) is 0. The second-order valence-corrected chi connectivity index (χ2v) is 6.05. The number of benzene rings is 1. The van der Waals surface area contributed by atoms with Crippen molar-refractivity contribution < 1.29 is 9.90 Å². The number of hydrogen-bond donors (Lipinski definition) is 1. The topological polar surface area (TPSA) is 40.5 Å². The summed E-state index contributed by atoms with van der Waals surface area (Å²) in [6, 6.07) is 4.46. The van der Waals surface area contributed by atoms with E-state index < -0.39 is 0 Å². The predicted molar refractivity (Wildman–Crippen MR) is 70.9 cm³/mol. The molecular weight excluding hydrogens is 258 g/mol. The lowest BCUT2D eigenvalue weighted by molar-refractivity contribution is 0.0763. The monoisotopic (exact) mass is 271 g/mol. The largest absolute Gasteiger partial charge is 0.508 e. The third-order valence-corrected chi connectivity index (χ3v) is 4.17. The zero-order valence-electron chi connectivity index (χ0n) is 9.52. The van der Waals surface area contributed by atoms with Crippen LogP contribution in [0.2, 0.25) is 5.02 Å². The molecule has 1 amide bonds. The molecule has 1 atom stereocenters. The average Bonchev–Trinajstić information content (AvgIpc) is 2.31. The highest BCUT2D eigenvalue weighted by atomic mass is 35.5. The number of amides is 1. The number of aromatic hydroxyl groups is 1. The van der Waals surface area contributed by atoms with E-state index in [0.717, 1.165) is 18.8 Å². The van der Waals surface area contributed by atoms with Crippen LogP contribution in [0.1, 0.15) is 17.3 Å². The van der Waals surface area contributed by atoms with Gasteiger partial charge in [0.05, 0.1) is 10.6 Å². The zero-order valence-corrected chi connectivity index (χ0v) is 11.1. The van der Waals surface area contributed by atoms with Crippen molar-refractivity contribution in [1.29, 1.82) is 0 Å². The van der Waals surface area contributed by atoms with Gasteiger partial charge in [0.1, 0.15) is 5.75 Å². The molecule has 17 heavy (non-hydrogen) atoms. The third-order valence-electron chi connectivity index (χ3n) is 2.71. The van der Waals surface area contributed by atoms with E-state index in [1.807, 2.05) is 11.8 Å². The Kier molecular flexibility index (Phi) is 3.84. The molecule has 92 valence electrons. The maximum absolute atomic E-state index is 12.2. The molecule has 1 aromatic rings. The molecule has 0 spiro atoms. The van der Waals surface area contributed by atoms with Crippen LogP contribution in [0.3, 0.4) is 0 Å². The van der Waals surface area contributed by atoms with Gasteiger partial charge >= 0.3 is 0 Å². The fourth-order valence-corrected chi connectivity index (χ4v) is 3.06. The number of carbonyl (C=O) groups excluding carboxylic acids is 1. The van der Waals surface area contributed by atoms with Crippen LogP contribution in [-0.4, -0.2) is 40.0 Å². The summed E-state index contributed by atoms with van der Waals surface area (Å²) in [6.07, 6.45) is 0. The van der Waals surface area contributed by atoms with Crippen LogP contribution in [0.4, 0.5) is 0 Å². The minimum absolute atomic E-state index is 0.0668. The van der Waals surface area contributed by atoms with Gasteiger partial charge in [-0.3, -0.25) is 4.79 Å². The summed E-state index contributed by atoms with van der Waals surface area (Å²) in [5.41, 5.74) is 0.380. The molecule has 1 aliphatic rings. The molecular formula is C12H14ClNO2S. The summed E-state index contributed by atoms with van der Waals surface area (Å²) in [4.78, 5) is 14.0. The van der Waals surface area contributed by atoms with Gasteiger partial charge in [0, 0.05) is 24.1 Å². The molecule has 1 aromatic carbocycles. The molecule has 0 aromatic heterocycles. The number of phenols is 1. The molecule has 1 heterocycles. The second kappa shape index (κ2) is 5.19. The van der Waals surface area contributed by atoms with E-state index in [2.05, 4.69) is 6.92 Å². The van der Waals surface area contributed by atoms with Gasteiger partial charge in [0.15, 0.2) is 0 Å². The van der Waals surface area contributed by atoms with Crippen LogP contribution in [0.15, 0.2) is 18.2 Å². The molecule has 1 fully saturated rings. The van der Waals surface area contributed by atoms with Gasteiger partial charge in [-0.05, 0) is 18.2 Å². The lowest BCUT2D eigenvalue weighted by Gasteiger charge is -2.30. The first-order valence-electron chi connectivity index (χ1n) is 5.47. The van der Waals surface area contributed by atoms with Gasteiger partial charge in [0.2, 0.25) is 0 Å². The molecule has 1 saturated heterocycles. The number of rotatable bonds is 1. The Morgan fingerprint density at radius 1 is 1.59 bits per heavy atom. The maximum atomic E-state index is 12.2. The lowest BCUT2D eigenvalue weighted by Crippen LogP contribution is -2.41. The van der Waals surface area contributed by atoms with Gasteiger partial charge in [0.25, 0.3) is 5.91 Å². The normalized spacial score (nSPS) is 20.4. The number of nitrogens with zero attached hydrogens (tertiary/aromatic N) is 1. The molecule has 0 radical (unpaired) electrons. The molecule has 1 aliphatic heterocycles. The minimum Gasteiger partial charge on any atom is -0.508 e. The fourth-order valence-electron chi connectivity index (χ4n) is 1.85. The fraction of sp³-hybridized carbons (Fsp3) is 0.417. The highest BCUT2D eigenvalue weighted by Crippen LogP contribution is 2.25. The van der Waals surface area contributed by atoms with Crippen molar-refractivity contribution in [3.63, 3.8) is 0 Å². The van der Waals surface area contributed by atoms with E-state index in [1.54, 1.807) is 11.0 Å². The second-order valence-electron chi connectivity index (χ2n) is 4.10. The van der Waals surface area contributed by atoms with Crippen LogP contribution in [0.25, 0.3) is 0 Å². The van der Waals surface area contributed by atoms with E-state index in [0.29, 0.717) is 15.8 Å². The van der Waals surface area contributed by atoms with Crippen molar-refractivity contribution in [3.05, 3.63) is 28.8 Å². The molecule has 1 unspecified atom stereocenters. The SMILES string of the molecule is CC1CN(C(=O)c2cc(O)ccc2Cl)CCS1. The van der Waals surface area contributed by atoms with E-state index in [-0.39, 0.29) is 11.7 Å². The van der Waals surface area contributed by atoms with Gasteiger partial charge in [-0.2, -0.15) is 11.8 Å². The van der Waals surface area contributed by atoms with Gasteiger partial charge in [-0.25, -0.2) is 0 Å². The van der Waals surface area contributed by atoms with Gasteiger partial charge in [-0.1, -0.05) is 18.5 Å². The van der Waals surface area contributed by atoms with Crippen molar-refractivity contribution in [3.8, 4) is 5.75 Å². The van der Waals surface area contributed by atoms with E-state index in [9.17, 15) is 9.90 Å².